The van der Waals surface area contributed by atoms with Crippen molar-refractivity contribution >= 4 is 22.1 Å². The van der Waals surface area contributed by atoms with Gasteiger partial charge in [0.2, 0.25) is 0 Å². The van der Waals surface area contributed by atoms with E-state index in [0.29, 0.717) is 5.56 Å². The number of aromatic nitrogens is 2. The number of hydrogen-bond donors (Lipinski definition) is 1. The number of thiazole rings is 1. The Morgan fingerprint density at radius 2 is 2.55 bits per heavy atom. The number of nitrogens with two attached hydrogens (primary N) is 1. The van der Waals surface area contributed by atoms with E-state index >= 15 is 0 Å². The molecule has 0 radical (unpaired) electrons. The van der Waals surface area contributed by atoms with Crippen LogP contribution in [-0.2, 0) is 0 Å². The molecule has 2 rings (SSSR count). The molecule has 2 aromatic rings. The number of primary amides is 1. The molecule has 2 N–H and O–H groups in total. The van der Waals surface area contributed by atoms with Gasteiger partial charge >= 0.3 is 0 Å². The molecule has 0 saturated heterocycles. The van der Waals surface area contributed by atoms with E-state index in [9.17, 15) is 4.79 Å². The van der Waals surface area contributed by atoms with Crippen molar-refractivity contribution in [3.8, 4) is 0 Å². The molecule has 0 aromatic carbocycles. The molecule has 0 fully saturated rings. The zero-order valence-corrected chi connectivity index (χ0v) is 6.34. The minimum atomic E-state index is -0.428. The van der Waals surface area contributed by atoms with Gasteiger partial charge in [0.15, 0.2) is 0 Å². The van der Waals surface area contributed by atoms with Gasteiger partial charge in [-0.15, -0.1) is 11.3 Å². The summed E-state index contributed by atoms with van der Waals surface area (Å²) in [5.41, 5.74) is 5.58. The molecule has 5 heteroatoms. The molecule has 0 bridgehead atoms. The zero-order chi connectivity index (χ0) is 7.84. The van der Waals surface area contributed by atoms with Gasteiger partial charge in [-0.1, -0.05) is 0 Å². The van der Waals surface area contributed by atoms with Crippen LogP contribution in [-0.4, -0.2) is 15.5 Å². The van der Waals surface area contributed by atoms with Crippen molar-refractivity contribution in [3.05, 3.63) is 23.3 Å². The van der Waals surface area contributed by atoms with Gasteiger partial charge in [-0.05, 0) is 0 Å². The molecule has 0 spiro atoms. The Bertz CT molecular complexity index is 403. The lowest BCUT2D eigenvalue weighted by Gasteiger charge is -1.83. The van der Waals surface area contributed by atoms with E-state index in [1.165, 1.54) is 17.5 Å². The summed E-state index contributed by atoms with van der Waals surface area (Å²) in [5, 5.41) is 5.78. The standard InChI is InChI=1S/C6H5N3OS/c7-5(10)4-3-8-9-1-2-11-6(4)9/h1-3H,(H2,7,10). The molecule has 2 aromatic heterocycles. The highest BCUT2D eigenvalue weighted by atomic mass is 32.1. The molecular weight excluding hydrogens is 162 g/mol. The number of hydrogen-bond acceptors (Lipinski definition) is 3. The van der Waals surface area contributed by atoms with Gasteiger partial charge in [0.1, 0.15) is 4.83 Å². The van der Waals surface area contributed by atoms with Crippen LogP contribution in [0, 0.1) is 0 Å². The van der Waals surface area contributed by atoms with Crippen LogP contribution in [0.3, 0.4) is 0 Å². The fraction of sp³-hybridized carbons (Fsp3) is 0. The highest BCUT2D eigenvalue weighted by Crippen LogP contribution is 2.15. The van der Waals surface area contributed by atoms with Gasteiger partial charge in [-0.3, -0.25) is 4.79 Å². The lowest BCUT2D eigenvalue weighted by Crippen LogP contribution is -2.09. The summed E-state index contributed by atoms with van der Waals surface area (Å²) < 4.78 is 1.63. The molecule has 11 heavy (non-hydrogen) atoms. The van der Waals surface area contributed by atoms with Crippen LogP contribution in [0.15, 0.2) is 17.8 Å². The number of carbonyl (C=O) groups is 1. The highest BCUT2D eigenvalue weighted by molar-refractivity contribution is 7.15. The Kier molecular flexibility index (Phi) is 1.19. The maximum absolute atomic E-state index is 10.7. The molecule has 0 atom stereocenters. The largest absolute Gasteiger partial charge is 0.365 e. The molecule has 2 heterocycles. The molecule has 4 nitrogen and oxygen atoms in total. The minimum absolute atomic E-state index is 0.428. The third-order valence-electron chi connectivity index (χ3n) is 1.40. The van der Waals surface area contributed by atoms with Crippen LogP contribution in [0.5, 0.6) is 0 Å². The van der Waals surface area contributed by atoms with Crippen LogP contribution in [0.2, 0.25) is 0 Å². The Labute approximate surface area is 66.2 Å². The molecule has 0 aliphatic rings. The minimum Gasteiger partial charge on any atom is -0.365 e. The van der Waals surface area contributed by atoms with E-state index in [4.69, 9.17) is 5.73 Å². The summed E-state index contributed by atoms with van der Waals surface area (Å²) in [6, 6.07) is 0. The smallest absolute Gasteiger partial charge is 0.253 e. The van der Waals surface area contributed by atoms with Crippen LogP contribution in [0.4, 0.5) is 0 Å². The van der Waals surface area contributed by atoms with Gasteiger partial charge in [-0.2, -0.15) is 5.10 Å². The Morgan fingerprint density at radius 3 is 3.27 bits per heavy atom. The maximum atomic E-state index is 10.7. The second-order valence-electron chi connectivity index (χ2n) is 2.08. The van der Waals surface area contributed by atoms with Gasteiger partial charge in [0, 0.05) is 11.6 Å². The number of amides is 1. The van der Waals surface area contributed by atoms with Crippen molar-refractivity contribution in [2.24, 2.45) is 5.73 Å². The SMILES string of the molecule is NC(=O)c1cnn2ccsc12. The second-order valence-corrected chi connectivity index (χ2v) is 2.97. The van der Waals surface area contributed by atoms with Crippen molar-refractivity contribution in [2.45, 2.75) is 0 Å². The van der Waals surface area contributed by atoms with Gasteiger partial charge < -0.3 is 5.73 Å². The average molecular weight is 167 g/mol. The fourth-order valence-corrected chi connectivity index (χ4v) is 1.70. The third-order valence-corrected chi connectivity index (χ3v) is 2.28. The lowest BCUT2D eigenvalue weighted by molar-refractivity contribution is 0.100. The quantitative estimate of drug-likeness (QED) is 0.672. The first-order chi connectivity index (χ1) is 5.29. The Balaban J connectivity index is 2.78. The van der Waals surface area contributed by atoms with E-state index < -0.39 is 5.91 Å². The van der Waals surface area contributed by atoms with E-state index in [-0.39, 0.29) is 0 Å². The summed E-state index contributed by atoms with van der Waals surface area (Å²) in [5.74, 6) is -0.428. The Hall–Kier alpha value is -1.36. The summed E-state index contributed by atoms with van der Waals surface area (Å²) in [7, 11) is 0. The van der Waals surface area contributed by atoms with Crippen molar-refractivity contribution < 1.29 is 4.79 Å². The number of rotatable bonds is 1. The molecular formula is C6H5N3OS. The van der Waals surface area contributed by atoms with Gasteiger partial charge in [0.05, 0.1) is 11.8 Å². The van der Waals surface area contributed by atoms with E-state index in [2.05, 4.69) is 5.10 Å². The summed E-state index contributed by atoms with van der Waals surface area (Å²) in [6.07, 6.45) is 3.26. The van der Waals surface area contributed by atoms with E-state index in [1.807, 2.05) is 5.38 Å². The normalized spacial score (nSPS) is 10.5. The summed E-state index contributed by atoms with van der Waals surface area (Å²) >= 11 is 1.45. The number of fused-ring (bicyclic) bond motifs is 1. The molecule has 1 amide bonds. The van der Waals surface area contributed by atoms with Crippen LogP contribution in [0.25, 0.3) is 4.83 Å². The first-order valence-electron chi connectivity index (χ1n) is 2.99. The van der Waals surface area contributed by atoms with Crippen molar-refractivity contribution in [1.29, 1.82) is 0 Å². The summed E-state index contributed by atoms with van der Waals surface area (Å²) in [6.45, 7) is 0. The van der Waals surface area contributed by atoms with E-state index in [1.54, 1.807) is 10.7 Å². The topological polar surface area (TPSA) is 60.4 Å². The fourth-order valence-electron chi connectivity index (χ4n) is 0.896. The van der Waals surface area contributed by atoms with Crippen molar-refractivity contribution in [3.63, 3.8) is 0 Å². The van der Waals surface area contributed by atoms with Crippen molar-refractivity contribution in [2.75, 3.05) is 0 Å². The predicted octanol–water partition coefficient (Wildman–Crippen LogP) is 0.495. The number of carbonyl (C=O) groups excluding carboxylic acids is 1. The Morgan fingerprint density at radius 1 is 1.73 bits per heavy atom. The maximum Gasteiger partial charge on any atom is 0.253 e. The van der Waals surface area contributed by atoms with Crippen LogP contribution in [0.1, 0.15) is 10.4 Å². The number of nitrogens with zero attached hydrogens (tertiary/aromatic N) is 2. The monoisotopic (exact) mass is 167 g/mol. The highest BCUT2D eigenvalue weighted by Gasteiger charge is 2.08. The van der Waals surface area contributed by atoms with Gasteiger partial charge in [-0.25, -0.2) is 4.52 Å². The molecule has 0 aliphatic heterocycles. The molecule has 56 valence electrons. The molecule has 0 aliphatic carbocycles. The lowest BCUT2D eigenvalue weighted by atomic mass is 10.3. The third kappa shape index (κ3) is 0.813. The van der Waals surface area contributed by atoms with Gasteiger partial charge in [0.25, 0.3) is 5.91 Å². The predicted molar refractivity (Wildman–Crippen MR) is 41.6 cm³/mol. The van der Waals surface area contributed by atoms with Crippen LogP contribution < -0.4 is 5.73 Å². The average Bonchev–Trinajstić information content (AvgIpc) is 2.41. The first-order valence-corrected chi connectivity index (χ1v) is 3.87. The van der Waals surface area contributed by atoms with E-state index in [0.717, 1.165) is 4.83 Å². The van der Waals surface area contributed by atoms with Crippen molar-refractivity contribution in [1.82, 2.24) is 9.61 Å². The van der Waals surface area contributed by atoms with Crippen LogP contribution >= 0.6 is 11.3 Å². The molecule has 0 unspecified atom stereocenters. The summed E-state index contributed by atoms with van der Waals surface area (Å²) in [4.78, 5) is 11.6. The first kappa shape index (κ1) is 6.36. The molecule has 0 saturated carbocycles. The zero-order valence-electron chi connectivity index (χ0n) is 5.52. The second kappa shape index (κ2) is 2.06.